The Morgan fingerprint density at radius 3 is 2.56 bits per heavy atom. The molecule has 0 unspecified atom stereocenters. The average molecular weight is 508 g/mol. The minimum atomic E-state index is -0.760. The van der Waals surface area contributed by atoms with Gasteiger partial charge in [-0.3, -0.25) is 19.0 Å². The molecular formula is C22H20BrF2N3O4. The van der Waals surface area contributed by atoms with Gasteiger partial charge >= 0.3 is 0 Å². The highest BCUT2D eigenvalue weighted by molar-refractivity contribution is 9.10. The number of rotatable bonds is 6. The van der Waals surface area contributed by atoms with Crippen molar-refractivity contribution in [3.05, 3.63) is 85.4 Å². The maximum atomic E-state index is 13.9. The van der Waals surface area contributed by atoms with Crippen LogP contribution in [-0.4, -0.2) is 34.7 Å². The third kappa shape index (κ3) is 4.71. The van der Waals surface area contributed by atoms with E-state index in [0.717, 1.165) is 22.8 Å². The number of carbonyl (C=O) groups is 1. The van der Waals surface area contributed by atoms with Gasteiger partial charge in [0, 0.05) is 24.2 Å². The van der Waals surface area contributed by atoms with Crippen molar-refractivity contribution in [2.24, 2.45) is 0 Å². The van der Waals surface area contributed by atoms with Gasteiger partial charge in [0.2, 0.25) is 5.88 Å². The lowest BCUT2D eigenvalue weighted by molar-refractivity contribution is -0.0757. The predicted octanol–water partition coefficient (Wildman–Crippen LogP) is 4.10. The zero-order valence-electron chi connectivity index (χ0n) is 17.8. The standard InChI is InChI=1S/C22H20BrF2N3O4/c1-12-5-6-14(21(29)27(3)31-4)9-18(12)28-13(2)26-20(19(23)22(28)30)32-11-15-7-8-16(24)10-17(15)25/h5-10H,11H2,1-4H3. The highest BCUT2D eigenvalue weighted by Gasteiger charge is 2.19. The first-order valence-corrected chi connectivity index (χ1v) is 10.2. The Hall–Kier alpha value is -3.11. The van der Waals surface area contributed by atoms with Crippen LogP contribution in [0.1, 0.15) is 27.3 Å². The molecule has 0 bridgehead atoms. The van der Waals surface area contributed by atoms with E-state index in [1.165, 1.54) is 24.8 Å². The molecule has 0 aliphatic carbocycles. The molecule has 1 heterocycles. The Morgan fingerprint density at radius 2 is 1.91 bits per heavy atom. The first kappa shape index (κ1) is 23.6. The molecule has 1 amide bonds. The molecule has 10 heteroatoms. The van der Waals surface area contributed by atoms with Crippen LogP contribution >= 0.6 is 15.9 Å². The normalized spacial score (nSPS) is 10.8. The van der Waals surface area contributed by atoms with Gasteiger partial charge in [-0.2, -0.15) is 4.98 Å². The largest absolute Gasteiger partial charge is 0.472 e. The third-order valence-electron chi connectivity index (χ3n) is 4.80. The number of nitrogens with zero attached hydrogens (tertiary/aromatic N) is 3. The molecule has 0 saturated heterocycles. The Kier molecular flexibility index (Phi) is 7.05. The van der Waals surface area contributed by atoms with Crippen LogP contribution in [0.4, 0.5) is 8.78 Å². The second kappa shape index (κ2) is 9.58. The number of aryl methyl sites for hydroxylation is 2. The summed E-state index contributed by atoms with van der Waals surface area (Å²) in [5, 5.41) is 1.07. The fraction of sp³-hybridized carbons (Fsp3) is 0.227. The number of amides is 1. The van der Waals surface area contributed by atoms with Gasteiger partial charge in [-0.1, -0.05) is 6.07 Å². The van der Waals surface area contributed by atoms with Gasteiger partial charge in [0.25, 0.3) is 11.5 Å². The molecule has 3 aromatic rings. The number of benzene rings is 2. The van der Waals surface area contributed by atoms with Gasteiger partial charge in [0.1, 0.15) is 28.5 Å². The van der Waals surface area contributed by atoms with Crippen LogP contribution in [0.25, 0.3) is 5.69 Å². The molecule has 0 aliphatic heterocycles. The van der Waals surface area contributed by atoms with E-state index in [-0.39, 0.29) is 28.4 Å². The van der Waals surface area contributed by atoms with Crippen LogP contribution in [0.15, 0.2) is 45.7 Å². The molecule has 0 atom stereocenters. The molecule has 0 N–H and O–H groups in total. The molecule has 0 spiro atoms. The van der Waals surface area contributed by atoms with Crippen LogP contribution in [0.3, 0.4) is 0 Å². The number of carbonyl (C=O) groups excluding carboxylic acids is 1. The van der Waals surface area contributed by atoms with Crippen LogP contribution in [0.2, 0.25) is 0 Å². The zero-order valence-corrected chi connectivity index (χ0v) is 19.4. The molecule has 2 aromatic carbocycles. The first-order valence-electron chi connectivity index (χ1n) is 9.43. The summed E-state index contributed by atoms with van der Waals surface area (Å²) < 4.78 is 33.8. The van der Waals surface area contributed by atoms with E-state index in [1.807, 2.05) is 0 Å². The Bertz CT molecular complexity index is 1250. The van der Waals surface area contributed by atoms with Crippen molar-refractivity contribution in [2.45, 2.75) is 20.5 Å². The summed E-state index contributed by atoms with van der Waals surface area (Å²) in [5.41, 5.74) is 1.17. The number of hydrogen-bond acceptors (Lipinski definition) is 5. The van der Waals surface area contributed by atoms with Gasteiger partial charge in [0.15, 0.2) is 0 Å². The van der Waals surface area contributed by atoms with Crippen molar-refractivity contribution in [2.75, 3.05) is 14.2 Å². The minimum absolute atomic E-state index is 0.0239. The fourth-order valence-electron chi connectivity index (χ4n) is 2.99. The number of ether oxygens (including phenoxy) is 1. The van der Waals surface area contributed by atoms with Gasteiger partial charge < -0.3 is 4.74 Å². The van der Waals surface area contributed by atoms with Crippen molar-refractivity contribution in [3.8, 4) is 11.6 Å². The lowest BCUT2D eigenvalue weighted by Gasteiger charge is -2.18. The van der Waals surface area contributed by atoms with Crippen LogP contribution in [0.5, 0.6) is 5.88 Å². The molecule has 7 nitrogen and oxygen atoms in total. The Balaban J connectivity index is 1.99. The molecular weight excluding hydrogens is 488 g/mol. The molecule has 1 aromatic heterocycles. The van der Waals surface area contributed by atoms with E-state index in [0.29, 0.717) is 17.1 Å². The summed E-state index contributed by atoms with van der Waals surface area (Å²) in [4.78, 5) is 34.8. The first-order chi connectivity index (χ1) is 15.1. The maximum Gasteiger partial charge on any atom is 0.277 e. The minimum Gasteiger partial charge on any atom is -0.472 e. The summed E-state index contributed by atoms with van der Waals surface area (Å²) >= 11 is 3.20. The highest BCUT2D eigenvalue weighted by Crippen LogP contribution is 2.24. The van der Waals surface area contributed by atoms with Gasteiger partial charge in [-0.05, 0) is 59.6 Å². The van der Waals surface area contributed by atoms with Crippen molar-refractivity contribution < 1.29 is 23.1 Å². The number of aromatic nitrogens is 2. The number of hydroxylamine groups is 2. The van der Waals surface area contributed by atoms with Crippen LogP contribution < -0.4 is 10.3 Å². The van der Waals surface area contributed by atoms with Crippen molar-refractivity contribution in [3.63, 3.8) is 0 Å². The summed E-state index contributed by atoms with van der Waals surface area (Å²) in [6.45, 7) is 3.16. The lowest BCUT2D eigenvalue weighted by atomic mass is 10.1. The summed E-state index contributed by atoms with van der Waals surface area (Å²) in [5.74, 6) is -1.58. The van der Waals surface area contributed by atoms with E-state index in [2.05, 4.69) is 20.9 Å². The molecule has 0 saturated carbocycles. The summed E-state index contributed by atoms with van der Waals surface area (Å²) in [6, 6.07) is 8.05. The van der Waals surface area contributed by atoms with Gasteiger partial charge in [-0.25, -0.2) is 13.8 Å². The van der Waals surface area contributed by atoms with Crippen LogP contribution in [0, 0.1) is 25.5 Å². The van der Waals surface area contributed by atoms with Crippen molar-refractivity contribution in [1.82, 2.24) is 14.6 Å². The van der Waals surface area contributed by atoms with E-state index in [1.54, 1.807) is 32.0 Å². The molecule has 0 aliphatic rings. The van der Waals surface area contributed by atoms with Crippen molar-refractivity contribution >= 4 is 21.8 Å². The SMILES string of the molecule is CON(C)C(=O)c1ccc(C)c(-n2c(C)nc(OCc3ccc(F)cc3F)c(Br)c2=O)c1. The molecule has 32 heavy (non-hydrogen) atoms. The Morgan fingerprint density at radius 1 is 1.19 bits per heavy atom. The fourth-order valence-corrected chi connectivity index (χ4v) is 3.38. The second-order valence-corrected chi connectivity index (χ2v) is 7.72. The van der Waals surface area contributed by atoms with Gasteiger partial charge in [0.05, 0.1) is 12.8 Å². The van der Waals surface area contributed by atoms with Gasteiger partial charge in [-0.15, -0.1) is 0 Å². The van der Waals surface area contributed by atoms with Crippen molar-refractivity contribution in [1.29, 1.82) is 0 Å². The molecule has 3 rings (SSSR count). The van der Waals surface area contributed by atoms with E-state index in [4.69, 9.17) is 9.57 Å². The quantitative estimate of drug-likeness (QED) is 0.469. The molecule has 0 radical (unpaired) electrons. The molecule has 168 valence electrons. The van der Waals surface area contributed by atoms with Crippen LogP contribution in [-0.2, 0) is 11.4 Å². The highest BCUT2D eigenvalue weighted by atomic mass is 79.9. The average Bonchev–Trinajstić information content (AvgIpc) is 2.76. The van der Waals surface area contributed by atoms with E-state index < -0.39 is 17.2 Å². The summed E-state index contributed by atoms with van der Waals surface area (Å²) in [6.07, 6.45) is 0. The third-order valence-corrected chi connectivity index (χ3v) is 5.48. The number of hydrogen-bond donors (Lipinski definition) is 0. The summed E-state index contributed by atoms with van der Waals surface area (Å²) in [7, 11) is 2.85. The Labute approximate surface area is 191 Å². The predicted molar refractivity (Wildman–Crippen MR) is 117 cm³/mol. The topological polar surface area (TPSA) is 73.7 Å². The van der Waals surface area contributed by atoms with E-state index >= 15 is 0 Å². The molecule has 0 fully saturated rings. The smallest absolute Gasteiger partial charge is 0.277 e. The van der Waals surface area contributed by atoms with E-state index in [9.17, 15) is 18.4 Å². The second-order valence-electron chi connectivity index (χ2n) is 6.93. The maximum absolute atomic E-state index is 13.9. The zero-order chi connectivity index (χ0) is 23.6. The number of halogens is 3. The lowest BCUT2D eigenvalue weighted by Crippen LogP contribution is -2.27. The monoisotopic (exact) mass is 507 g/mol.